The van der Waals surface area contributed by atoms with Crippen LogP contribution in [-0.2, 0) is 23.8 Å². The van der Waals surface area contributed by atoms with E-state index in [1.807, 2.05) is 0 Å². The number of halogens is 3. The molecule has 0 radical (unpaired) electrons. The van der Waals surface area contributed by atoms with E-state index in [1.165, 1.54) is 18.2 Å². The number of nitrogens with zero attached hydrogens (tertiary/aromatic N) is 1. The van der Waals surface area contributed by atoms with Crippen molar-refractivity contribution in [3.05, 3.63) is 74.8 Å². The van der Waals surface area contributed by atoms with Gasteiger partial charge in [-0.3, -0.25) is 14.9 Å². The van der Waals surface area contributed by atoms with Crippen molar-refractivity contribution < 1.29 is 32.8 Å². The summed E-state index contributed by atoms with van der Waals surface area (Å²) < 4.78 is 37.6. The summed E-state index contributed by atoms with van der Waals surface area (Å²) in [5.74, 6) is -1.59. The van der Waals surface area contributed by atoms with Crippen molar-refractivity contribution in [2.45, 2.75) is 25.4 Å². The van der Waals surface area contributed by atoms with Crippen LogP contribution < -0.4 is 5.32 Å². The molecule has 0 aliphatic heterocycles. The van der Waals surface area contributed by atoms with Crippen molar-refractivity contribution >= 4 is 17.6 Å². The summed E-state index contributed by atoms with van der Waals surface area (Å²) in [5, 5.41) is 22.6. The van der Waals surface area contributed by atoms with Gasteiger partial charge in [0.15, 0.2) is 0 Å². The highest BCUT2D eigenvalue weighted by Gasteiger charge is 2.29. The van der Waals surface area contributed by atoms with Crippen LogP contribution in [0.1, 0.15) is 33.5 Å². The van der Waals surface area contributed by atoms with Crippen molar-refractivity contribution in [1.29, 1.82) is 0 Å². The van der Waals surface area contributed by atoms with Gasteiger partial charge in [-0.2, -0.15) is 13.2 Å². The first kappa shape index (κ1) is 21.9. The highest BCUT2D eigenvalue weighted by atomic mass is 19.4. The number of nitrogens with one attached hydrogen (secondary N) is 1. The molecule has 0 atom stereocenters. The standard InChI is InChI=1S/C19H17F3N2O5/c20-19(21,22)15-5-1-12(2-6-15)3-8-17(25)23-10-9-13-11-14(18(26)27)4-7-16(13)24(28)29/h1-2,4-7,11H,3,8-10H2,(H,23,25)(H,26,27). The third-order valence-corrected chi connectivity index (χ3v) is 4.16. The van der Waals surface area contributed by atoms with E-state index in [0.29, 0.717) is 5.56 Å². The minimum Gasteiger partial charge on any atom is -0.478 e. The lowest BCUT2D eigenvalue weighted by Crippen LogP contribution is -2.26. The molecule has 0 fully saturated rings. The van der Waals surface area contributed by atoms with Gasteiger partial charge in [-0.15, -0.1) is 0 Å². The molecule has 2 N–H and O–H groups in total. The van der Waals surface area contributed by atoms with E-state index in [0.717, 1.165) is 24.3 Å². The summed E-state index contributed by atoms with van der Waals surface area (Å²) in [6.07, 6.45) is -4.10. The quantitative estimate of drug-likeness (QED) is 0.510. The first-order chi connectivity index (χ1) is 13.6. The Morgan fingerprint density at radius 2 is 1.72 bits per heavy atom. The second kappa shape index (κ2) is 9.18. The minimum atomic E-state index is -4.42. The zero-order valence-corrected chi connectivity index (χ0v) is 15.0. The zero-order valence-electron chi connectivity index (χ0n) is 15.0. The molecular weight excluding hydrogens is 393 g/mol. The molecule has 10 heteroatoms. The van der Waals surface area contributed by atoms with Crippen molar-refractivity contribution in [2.75, 3.05) is 6.54 Å². The molecular formula is C19H17F3N2O5. The lowest BCUT2D eigenvalue weighted by molar-refractivity contribution is -0.385. The molecule has 29 heavy (non-hydrogen) atoms. The van der Waals surface area contributed by atoms with Gasteiger partial charge in [0.25, 0.3) is 5.69 Å². The predicted octanol–water partition coefficient (Wildman–Crippen LogP) is 3.60. The van der Waals surface area contributed by atoms with E-state index < -0.39 is 22.6 Å². The molecule has 0 aromatic heterocycles. The number of hydrogen-bond acceptors (Lipinski definition) is 4. The molecule has 2 aromatic carbocycles. The van der Waals surface area contributed by atoms with Crippen molar-refractivity contribution in [3.63, 3.8) is 0 Å². The van der Waals surface area contributed by atoms with Crippen LogP contribution in [0.25, 0.3) is 0 Å². The molecule has 2 aromatic rings. The van der Waals surface area contributed by atoms with E-state index in [9.17, 15) is 32.9 Å². The number of carboxylic acid groups (broad SMARTS) is 1. The molecule has 0 bridgehead atoms. The van der Waals surface area contributed by atoms with Gasteiger partial charge in [-0.25, -0.2) is 4.79 Å². The van der Waals surface area contributed by atoms with E-state index in [4.69, 9.17) is 5.11 Å². The van der Waals surface area contributed by atoms with Crippen molar-refractivity contribution in [1.82, 2.24) is 5.32 Å². The Hall–Kier alpha value is -3.43. The summed E-state index contributed by atoms with van der Waals surface area (Å²) in [6, 6.07) is 7.92. The average Bonchev–Trinajstić information content (AvgIpc) is 2.65. The van der Waals surface area contributed by atoms with Gasteiger partial charge in [-0.1, -0.05) is 12.1 Å². The molecule has 0 saturated heterocycles. The number of benzene rings is 2. The van der Waals surface area contributed by atoms with Crippen LogP contribution in [0.3, 0.4) is 0 Å². The average molecular weight is 410 g/mol. The number of nitro benzene ring substituents is 1. The lowest BCUT2D eigenvalue weighted by Gasteiger charge is -2.08. The topological polar surface area (TPSA) is 110 Å². The summed E-state index contributed by atoms with van der Waals surface area (Å²) in [4.78, 5) is 33.3. The molecule has 0 aliphatic rings. The Labute approximate surface area is 163 Å². The Bertz CT molecular complexity index is 911. The van der Waals surface area contributed by atoms with Gasteiger partial charge in [-0.05, 0) is 42.7 Å². The fourth-order valence-electron chi connectivity index (χ4n) is 2.64. The number of carboxylic acids is 1. The second-order valence-electron chi connectivity index (χ2n) is 6.20. The summed E-state index contributed by atoms with van der Waals surface area (Å²) in [6.45, 7) is 0.0513. The Morgan fingerprint density at radius 3 is 2.28 bits per heavy atom. The molecule has 0 unspecified atom stereocenters. The Morgan fingerprint density at radius 1 is 1.07 bits per heavy atom. The van der Waals surface area contributed by atoms with Crippen LogP contribution in [0.5, 0.6) is 0 Å². The molecule has 7 nitrogen and oxygen atoms in total. The largest absolute Gasteiger partial charge is 0.478 e. The van der Waals surface area contributed by atoms with Gasteiger partial charge in [0.05, 0.1) is 16.1 Å². The number of carbonyl (C=O) groups is 2. The van der Waals surface area contributed by atoms with Gasteiger partial charge in [0.1, 0.15) is 0 Å². The smallest absolute Gasteiger partial charge is 0.416 e. The number of alkyl halides is 3. The molecule has 1 amide bonds. The number of nitro groups is 1. The van der Waals surface area contributed by atoms with Crippen LogP contribution in [0.15, 0.2) is 42.5 Å². The maximum atomic E-state index is 12.5. The van der Waals surface area contributed by atoms with E-state index >= 15 is 0 Å². The zero-order chi connectivity index (χ0) is 21.6. The predicted molar refractivity (Wildman–Crippen MR) is 96.5 cm³/mol. The fraction of sp³-hybridized carbons (Fsp3) is 0.263. The Balaban J connectivity index is 1.88. The second-order valence-corrected chi connectivity index (χ2v) is 6.20. The first-order valence-corrected chi connectivity index (χ1v) is 8.51. The number of hydrogen-bond donors (Lipinski definition) is 2. The molecule has 0 spiro atoms. The van der Waals surface area contributed by atoms with Crippen LogP contribution >= 0.6 is 0 Å². The third kappa shape index (κ3) is 6.30. The molecule has 0 aliphatic carbocycles. The molecule has 2 rings (SSSR count). The summed E-state index contributed by atoms with van der Waals surface area (Å²) >= 11 is 0. The van der Waals surface area contributed by atoms with Crippen LogP contribution in [0, 0.1) is 10.1 Å². The van der Waals surface area contributed by atoms with Gasteiger partial charge >= 0.3 is 12.1 Å². The van der Waals surface area contributed by atoms with E-state index in [2.05, 4.69) is 5.32 Å². The third-order valence-electron chi connectivity index (χ3n) is 4.16. The maximum Gasteiger partial charge on any atom is 0.416 e. The van der Waals surface area contributed by atoms with E-state index in [-0.39, 0.29) is 48.5 Å². The number of carbonyl (C=O) groups excluding carboxylic acids is 1. The number of amides is 1. The summed E-state index contributed by atoms with van der Waals surface area (Å²) in [5.41, 5.74) is -0.361. The summed E-state index contributed by atoms with van der Waals surface area (Å²) in [7, 11) is 0. The van der Waals surface area contributed by atoms with Crippen molar-refractivity contribution in [3.8, 4) is 0 Å². The monoisotopic (exact) mass is 410 g/mol. The number of aryl methyl sites for hydroxylation is 1. The van der Waals surface area contributed by atoms with Gasteiger partial charge in [0, 0.05) is 24.6 Å². The van der Waals surface area contributed by atoms with Crippen LogP contribution in [0.2, 0.25) is 0 Å². The number of aromatic carboxylic acids is 1. The highest BCUT2D eigenvalue weighted by Crippen LogP contribution is 2.29. The molecule has 0 heterocycles. The number of rotatable bonds is 8. The van der Waals surface area contributed by atoms with E-state index in [1.54, 1.807) is 0 Å². The normalized spacial score (nSPS) is 11.1. The Kier molecular flexibility index (Phi) is 6.92. The molecule has 0 saturated carbocycles. The first-order valence-electron chi connectivity index (χ1n) is 8.51. The highest BCUT2D eigenvalue weighted by molar-refractivity contribution is 5.88. The van der Waals surface area contributed by atoms with Crippen LogP contribution in [0.4, 0.5) is 18.9 Å². The molecule has 154 valence electrons. The van der Waals surface area contributed by atoms with Crippen LogP contribution in [-0.4, -0.2) is 28.5 Å². The fourth-order valence-corrected chi connectivity index (χ4v) is 2.64. The maximum absolute atomic E-state index is 12.5. The van der Waals surface area contributed by atoms with Crippen molar-refractivity contribution in [2.24, 2.45) is 0 Å². The van der Waals surface area contributed by atoms with Gasteiger partial charge in [0.2, 0.25) is 5.91 Å². The SMILES string of the molecule is O=C(CCc1ccc(C(F)(F)F)cc1)NCCc1cc(C(=O)O)ccc1[N+](=O)[O-]. The minimum absolute atomic E-state index is 0.0304. The van der Waals surface area contributed by atoms with Gasteiger partial charge < -0.3 is 10.4 Å². The lowest BCUT2D eigenvalue weighted by atomic mass is 10.1.